The van der Waals surface area contributed by atoms with Gasteiger partial charge >= 0.3 is 12.4 Å². The van der Waals surface area contributed by atoms with Gasteiger partial charge in [-0.2, -0.15) is 26.3 Å². The monoisotopic (exact) mass is 556 g/mol. The van der Waals surface area contributed by atoms with Gasteiger partial charge in [0.25, 0.3) is 0 Å². The van der Waals surface area contributed by atoms with Crippen molar-refractivity contribution in [3.8, 4) is 0 Å². The third-order valence-electron chi connectivity index (χ3n) is 7.07. The first-order chi connectivity index (χ1) is 18.9. The average Bonchev–Trinajstić information content (AvgIpc) is 3.52. The van der Waals surface area contributed by atoms with Crippen LogP contribution in [-0.2, 0) is 38.5 Å². The van der Waals surface area contributed by atoms with Crippen molar-refractivity contribution in [2.24, 2.45) is 0 Å². The minimum absolute atomic E-state index is 0.160. The van der Waals surface area contributed by atoms with Gasteiger partial charge in [-0.05, 0) is 58.7 Å². The highest BCUT2D eigenvalue weighted by Gasteiger charge is 2.32. The Bertz CT molecular complexity index is 1360. The molecule has 0 atom stereocenters. The van der Waals surface area contributed by atoms with Crippen molar-refractivity contribution in [1.82, 2.24) is 0 Å². The van der Waals surface area contributed by atoms with E-state index in [2.05, 4.69) is 0 Å². The molecule has 4 aromatic rings. The standard InChI is InChI=1S/2C15H13F3N2/c2*16-15(17,18)12-5-6-14(13(19)7-12)20-8-10-3-1-2-4-11(10)9-20/h2*1-7H,8-9,19H2. The van der Waals surface area contributed by atoms with Gasteiger partial charge in [-0.3, -0.25) is 0 Å². The lowest BCUT2D eigenvalue weighted by atomic mass is 10.1. The Morgan fingerprint density at radius 2 is 0.775 bits per heavy atom. The molecule has 0 saturated carbocycles. The predicted molar refractivity (Wildman–Crippen MR) is 144 cm³/mol. The molecular weight excluding hydrogens is 530 g/mol. The van der Waals surface area contributed by atoms with Crippen LogP contribution in [0.3, 0.4) is 0 Å². The molecular formula is C30H26F6N4. The zero-order valence-electron chi connectivity index (χ0n) is 21.2. The molecule has 0 unspecified atom stereocenters. The third-order valence-corrected chi connectivity index (χ3v) is 7.07. The van der Waals surface area contributed by atoms with E-state index in [1.807, 2.05) is 58.3 Å². The van der Waals surface area contributed by atoms with Crippen LogP contribution in [0.2, 0.25) is 0 Å². The van der Waals surface area contributed by atoms with Crippen LogP contribution in [0.1, 0.15) is 33.4 Å². The maximum Gasteiger partial charge on any atom is 0.416 e. The van der Waals surface area contributed by atoms with Gasteiger partial charge < -0.3 is 21.3 Å². The van der Waals surface area contributed by atoms with Crippen molar-refractivity contribution in [2.75, 3.05) is 21.3 Å². The Labute approximate surface area is 227 Å². The van der Waals surface area contributed by atoms with Gasteiger partial charge in [0.15, 0.2) is 0 Å². The van der Waals surface area contributed by atoms with Gasteiger partial charge in [0.1, 0.15) is 0 Å². The number of alkyl halides is 6. The molecule has 6 rings (SSSR count). The Balaban J connectivity index is 0.000000161. The Morgan fingerprint density at radius 1 is 0.475 bits per heavy atom. The molecule has 0 saturated heterocycles. The molecule has 4 aromatic carbocycles. The quantitative estimate of drug-likeness (QED) is 0.197. The summed E-state index contributed by atoms with van der Waals surface area (Å²) in [6.07, 6.45) is -8.72. The Kier molecular flexibility index (Phi) is 7.03. The van der Waals surface area contributed by atoms with E-state index < -0.39 is 23.5 Å². The number of halogens is 6. The average molecular weight is 557 g/mol. The number of fused-ring (bicyclic) bond motifs is 2. The zero-order chi connectivity index (χ0) is 28.7. The number of nitrogens with two attached hydrogens (primary N) is 2. The van der Waals surface area contributed by atoms with Gasteiger partial charge in [-0.1, -0.05) is 48.5 Å². The highest BCUT2D eigenvalue weighted by Crippen LogP contribution is 2.38. The Hall–Kier alpha value is -4.34. The van der Waals surface area contributed by atoms with Crippen LogP contribution in [0.5, 0.6) is 0 Å². The zero-order valence-corrected chi connectivity index (χ0v) is 21.2. The third kappa shape index (κ3) is 5.66. The molecule has 2 aliphatic rings. The summed E-state index contributed by atoms with van der Waals surface area (Å²) in [7, 11) is 0. The normalized spacial score (nSPS) is 14.4. The lowest BCUT2D eigenvalue weighted by Crippen LogP contribution is -2.17. The number of hydrogen-bond donors (Lipinski definition) is 2. The largest absolute Gasteiger partial charge is 0.416 e. The first-order valence-electron chi connectivity index (χ1n) is 12.5. The summed E-state index contributed by atoms with van der Waals surface area (Å²) in [4.78, 5) is 3.97. The van der Waals surface area contributed by atoms with Crippen LogP contribution < -0.4 is 21.3 Å². The summed E-state index contributed by atoms with van der Waals surface area (Å²) in [6, 6.07) is 23.0. The molecule has 4 N–H and O–H groups in total. The van der Waals surface area contributed by atoms with Crippen molar-refractivity contribution < 1.29 is 26.3 Å². The summed E-state index contributed by atoms with van der Waals surface area (Å²) >= 11 is 0. The second kappa shape index (κ2) is 10.3. The van der Waals surface area contributed by atoms with E-state index >= 15 is 0 Å². The number of nitrogens with zero attached hydrogens (tertiary/aromatic N) is 2. The molecule has 0 amide bonds. The molecule has 0 spiro atoms. The van der Waals surface area contributed by atoms with Crippen molar-refractivity contribution in [1.29, 1.82) is 0 Å². The van der Waals surface area contributed by atoms with Gasteiger partial charge in [0.2, 0.25) is 0 Å². The maximum absolute atomic E-state index is 12.6. The van der Waals surface area contributed by atoms with E-state index in [1.165, 1.54) is 34.4 Å². The summed E-state index contributed by atoms with van der Waals surface area (Å²) in [5.74, 6) is 0. The minimum atomic E-state index is -4.36. The fourth-order valence-corrected chi connectivity index (χ4v) is 5.04. The minimum Gasteiger partial charge on any atom is -0.397 e. The predicted octanol–water partition coefficient (Wildman–Crippen LogP) is 7.62. The molecule has 4 nitrogen and oxygen atoms in total. The van der Waals surface area contributed by atoms with Crippen LogP contribution in [-0.4, -0.2) is 0 Å². The molecule has 0 aromatic heterocycles. The van der Waals surface area contributed by atoms with E-state index in [4.69, 9.17) is 11.5 Å². The lowest BCUT2D eigenvalue weighted by molar-refractivity contribution is -0.138. The van der Waals surface area contributed by atoms with Crippen molar-refractivity contribution in [3.63, 3.8) is 0 Å². The molecule has 0 bridgehead atoms. The first kappa shape index (κ1) is 27.2. The van der Waals surface area contributed by atoms with Crippen molar-refractivity contribution in [3.05, 3.63) is 118 Å². The maximum atomic E-state index is 12.6. The van der Waals surface area contributed by atoms with Gasteiger partial charge in [-0.25, -0.2) is 0 Å². The van der Waals surface area contributed by atoms with Crippen LogP contribution >= 0.6 is 0 Å². The fraction of sp³-hybridized carbons (Fsp3) is 0.200. The van der Waals surface area contributed by atoms with E-state index in [9.17, 15) is 26.3 Å². The number of benzene rings is 4. The first-order valence-corrected chi connectivity index (χ1v) is 12.5. The van der Waals surface area contributed by atoms with Crippen molar-refractivity contribution >= 4 is 22.7 Å². The molecule has 10 heteroatoms. The highest BCUT2D eigenvalue weighted by molar-refractivity contribution is 5.71. The molecule has 2 heterocycles. The van der Waals surface area contributed by atoms with E-state index in [1.54, 1.807) is 0 Å². The number of nitrogen functional groups attached to an aromatic ring is 2. The lowest BCUT2D eigenvalue weighted by Gasteiger charge is -2.21. The second-order valence-corrected chi connectivity index (χ2v) is 9.79. The van der Waals surface area contributed by atoms with Gasteiger partial charge in [0.05, 0.1) is 33.9 Å². The van der Waals surface area contributed by atoms with Crippen LogP contribution in [0.25, 0.3) is 0 Å². The number of hydrogen-bond acceptors (Lipinski definition) is 4. The molecule has 0 radical (unpaired) electrons. The van der Waals surface area contributed by atoms with Gasteiger partial charge in [-0.15, -0.1) is 0 Å². The molecule has 40 heavy (non-hydrogen) atoms. The van der Waals surface area contributed by atoms with Crippen molar-refractivity contribution in [2.45, 2.75) is 38.5 Å². The van der Waals surface area contributed by atoms with E-state index in [0.29, 0.717) is 37.6 Å². The molecule has 2 aliphatic heterocycles. The van der Waals surface area contributed by atoms with E-state index in [-0.39, 0.29) is 11.4 Å². The summed E-state index contributed by atoms with van der Waals surface area (Å²) in [5.41, 5.74) is 16.5. The van der Waals surface area contributed by atoms with Crippen LogP contribution in [0.15, 0.2) is 84.9 Å². The smallest absolute Gasteiger partial charge is 0.397 e. The Morgan fingerprint density at radius 3 is 1.02 bits per heavy atom. The topological polar surface area (TPSA) is 58.5 Å². The molecule has 0 aliphatic carbocycles. The summed E-state index contributed by atoms with van der Waals surface area (Å²) < 4.78 is 75.7. The second-order valence-electron chi connectivity index (χ2n) is 9.79. The molecule has 0 fully saturated rings. The number of anilines is 4. The van der Waals surface area contributed by atoms with Gasteiger partial charge in [0, 0.05) is 26.2 Å². The van der Waals surface area contributed by atoms with E-state index in [0.717, 1.165) is 24.3 Å². The number of rotatable bonds is 2. The van der Waals surface area contributed by atoms with Crippen LogP contribution in [0, 0.1) is 0 Å². The fourth-order valence-electron chi connectivity index (χ4n) is 5.04. The summed E-state index contributed by atoms with van der Waals surface area (Å²) in [5, 5.41) is 0. The van der Waals surface area contributed by atoms with Crippen LogP contribution in [0.4, 0.5) is 49.1 Å². The highest BCUT2D eigenvalue weighted by atomic mass is 19.4. The SMILES string of the molecule is Nc1cc(C(F)(F)F)ccc1N1Cc2ccccc2C1.Nc1cc(C(F)(F)F)ccc1N1Cc2ccccc2C1. The molecule has 208 valence electrons. The summed E-state index contributed by atoms with van der Waals surface area (Å²) in [6.45, 7) is 2.69.